The molecule has 1 aromatic carbocycles. The average molecular weight is 370 g/mol. The van der Waals surface area contributed by atoms with Crippen molar-refractivity contribution in [3.8, 4) is 0 Å². The molecule has 2 aliphatic rings. The van der Waals surface area contributed by atoms with Crippen molar-refractivity contribution in [3.63, 3.8) is 0 Å². The Morgan fingerprint density at radius 1 is 1.26 bits per heavy atom. The van der Waals surface area contributed by atoms with Crippen molar-refractivity contribution >= 4 is 17.0 Å². The Hall–Kier alpha value is -2.01. The number of hydrogen-bond acceptors (Lipinski definition) is 3. The molecule has 1 atom stereocenters. The number of piperidine rings is 1. The van der Waals surface area contributed by atoms with E-state index in [-0.39, 0.29) is 18.1 Å². The zero-order chi connectivity index (χ0) is 18.8. The topological polar surface area (TPSA) is 48.7 Å². The van der Waals surface area contributed by atoms with Crippen molar-refractivity contribution in [1.29, 1.82) is 0 Å². The molecular weight excluding hydrogens is 338 g/mol. The number of carbonyl (C=O) groups excluding carboxylic acids is 1. The third-order valence-corrected chi connectivity index (χ3v) is 5.97. The van der Waals surface area contributed by atoms with E-state index in [1.54, 1.807) is 0 Å². The van der Waals surface area contributed by atoms with Crippen molar-refractivity contribution in [2.45, 2.75) is 64.1 Å². The minimum absolute atomic E-state index is 0.0367. The molecule has 5 nitrogen and oxygen atoms in total. The maximum absolute atomic E-state index is 13.0. The maximum Gasteiger partial charge on any atom is 0.318 e. The molecule has 0 radical (unpaired) electrons. The van der Waals surface area contributed by atoms with E-state index < -0.39 is 0 Å². The third-order valence-electron chi connectivity index (χ3n) is 5.97. The van der Waals surface area contributed by atoms with Crippen LogP contribution < -0.4 is 5.32 Å². The van der Waals surface area contributed by atoms with Gasteiger partial charge in [-0.05, 0) is 51.2 Å². The summed E-state index contributed by atoms with van der Waals surface area (Å²) in [6.07, 6.45) is 5.76. The lowest BCUT2D eigenvalue weighted by atomic mass is 10.1. The lowest BCUT2D eigenvalue weighted by Crippen LogP contribution is -2.50. The molecule has 146 valence electrons. The lowest BCUT2D eigenvalue weighted by molar-refractivity contribution is 0.152. The number of likely N-dealkylation sites (tertiary alicyclic amines) is 1. The summed E-state index contributed by atoms with van der Waals surface area (Å²) < 4.78 is 6.02. The summed E-state index contributed by atoms with van der Waals surface area (Å²) in [4.78, 5) is 17.5. The molecule has 27 heavy (non-hydrogen) atoms. The Balaban J connectivity index is 1.40. The van der Waals surface area contributed by atoms with Crippen LogP contribution in [0, 0.1) is 0 Å². The van der Waals surface area contributed by atoms with Crippen LogP contribution in [-0.4, -0.2) is 47.5 Å². The van der Waals surface area contributed by atoms with Gasteiger partial charge < -0.3 is 19.5 Å². The molecule has 0 spiro atoms. The highest BCUT2D eigenvalue weighted by atomic mass is 16.3. The minimum Gasteiger partial charge on any atom is -0.459 e. The number of fused-ring (bicyclic) bond motifs is 1. The number of carbonyl (C=O) groups is 1. The summed E-state index contributed by atoms with van der Waals surface area (Å²) in [6.45, 7) is 7.12. The summed E-state index contributed by atoms with van der Waals surface area (Å²) in [7, 11) is 0. The molecule has 1 unspecified atom stereocenters. The van der Waals surface area contributed by atoms with Crippen LogP contribution in [0.5, 0.6) is 0 Å². The van der Waals surface area contributed by atoms with E-state index in [9.17, 15) is 4.79 Å². The SMILES string of the molecule is CCCN(C(=O)NC1CCN(C2CC2)CC1)C(C)c1cc2ccccc2o1. The van der Waals surface area contributed by atoms with Gasteiger partial charge in [-0.25, -0.2) is 4.79 Å². The number of para-hydroxylation sites is 1. The Kier molecular flexibility index (Phi) is 5.39. The molecule has 1 saturated carbocycles. The normalized spacial score (nSPS) is 19.9. The van der Waals surface area contributed by atoms with Crippen molar-refractivity contribution in [1.82, 2.24) is 15.1 Å². The Morgan fingerprint density at radius 3 is 2.67 bits per heavy atom. The van der Waals surface area contributed by atoms with E-state index in [0.717, 1.165) is 61.7 Å². The van der Waals surface area contributed by atoms with Crippen molar-refractivity contribution in [2.75, 3.05) is 19.6 Å². The average Bonchev–Trinajstić information content (AvgIpc) is 3.44. The molecular formula is C22H31N3O2. The Labute approximate surface area is 161 Å². The molecule has 1 saturated heterocycles. The van der Waals surface area contributed by atoms with Gasteiger partial charge in [0.1, 0.15) is 11.3 Å². The van der Waals surface area contributed by atoms with Gasteiger partial charge in [-0.3, -0.25) is 0 Å². The highest BCUT2D eigenvalue weighted by Crippen LogP contribution is 2.30. The number of amides is 2. The number of hydrogen-bond donors (Lipinski definition) is 1. The molecule has 1 aliphatic carbocycles. The van der Waals surface area contributed by atoms with Crippen LogP contribution in [0.25, 0.3) is 11.0 Å². The van der Waals surface area contributed by atoms with E-state index in [0.29, 0.717) is 0 Å². The largest absolute Gasteiger partial charge is 0.459 e. The minimum atomic E-state index is -0.0797. The molecule has 1 aliphatic heterocycles. The smallest absolute Gasteiger partial charge is 0.318 e. The molecule has 2 heterocycles. The van der Waals surface area contributed by atoms with Gasteiger partial charge in [0.05, 0.1) is 6.04 Å². The van der Waals surface area contributed by atoms with Crippen LogP contribution in [0.3, 0.4) is 0 Å². The fraction of sp³-hybridized carbons (Fsp3) is 0.591. The summed E-state index contributed by atoms with van der Waals surface area (Å²) in [5, 5.41) is 4.37. The van der Waals surface area contributed by atoms with E-state index >= 15 is 0 Å². The van der Waals surface area contributed by atoms with Gasteiger partial charge in [0, 0.05) is 37.1 Å². The fourth-order valence-electron chi connectivity index (χ4n) is 4.18. The zero-order valence-corrected chi connectivity index (χ0v) is 16.5. The van der Waals surface area contributed by atoms with Crippen LogP contribution in [0.1, 0.15) is 57.8 Å². The molecule has 2 aromatic rings. The summed E-state index contributed by atoms with van der Waals surface area (Å²) >= 11 is 0. The second-order valence-corrected chi connectivity index (χ2v) is 8.05. The maximum atomic E-state index is 13.0. The second kappa shape index (κ2) is 7.93. The monoisotopic (exact) mass is 369 g/mol. The molecule has 1 aromatic heterocycles. The number of benzene rings is 1. The molecule has 0 bridgehead atoms. The van der Waals surface area contributed by atoms with Gasteiger partial charge in [0.2, 0.25) is 0 Å². The van der Waals surface area contributed by atoms with E-state index in [4.69, 9.17) is 4.42 Å². The van der Waals surface area contributed by atoms with E-state index in [2.05, 4.69) is 30.1 Å². The van der Waals surface area contributed by atoms with Gasteiger partial charge in [-0.15, -0.1) is 0 Å². The van der Waals surface area contributed by atoms with E-state index in [1.807, 2.05) is 29.2 Å². The first-order chi connectivity index (χ1) is 13.2. The highest BCUT2D eigenvalue weighted by molar-refractivity contribution is 5.78. The standard InChI is InChI=1S/C22H31N3O2/c1-3-12-25(16(2)21-15-17-6-4-5-7-20(17)27-21)22(26)23-18-10-13-24(14-11-18)19-8-9-19/h4-7,15-16,18-19H,3,8-14H2,1-2H3,(H,23,26). The van der Waals surface area contributed by atoms with Gasteiger partial charge >= 0.3 is 6.03 Å². The third kappa shape index (κ3) is 4.13. The van der Waals surface area contributed by atoms with Crippen LogP contribution >= 0.6 is 0 Å². The van der Waals surface area contributed by atoms with Crippen LogP contribution in [0.4, 0.5) is 4.79 Å². The number of furan rings is 1. The number of urea groups is 1. The molecule has 2 amide bonds. The summed E-state index contributed by atoms with van der Waals surface area (Å²) in [6, 6.07) is 11.1. The fourth-order valence-corrected chi connectivity index (χ4v) is 4.18. The number of nitrogens with zero attached hydrogens (tertiary/aromatic N) is 2. The van der Waals surface area contributed by atoms with Crippen molar-refractivity contribution in [3.05, 3.63) is 36.1 Å². The molecule has 1 N–H and O–H groups in total. The predicted molar refractivity (Wildman–Crippen MR) is 108 cm³/mol. The highest BCUT2D eigenvalue weighted by Gasteiger charge is 2.33. The quantitative estimate of drug-likeness (QED) is 0.813. The Morgan fingerprint density at radius 2 is 2.00 bits per heavy atom. The van der Waals surface area contributed by atoms with Crippen molar-refractivity contribution in [2.24, 2.45) is 0 Å². The second-order valence-electron chi connectivity index (χ2n) is 8.05. The van der Waals surface area contributed by atoms with Crippen LogP contribution in [0.2, 0.25) is 0 Å². The zero-order valence-electron chi connectivity index (χ0n) is 16.5. The van der Waals surface area contributed by atoms with E-state index in [1.165, 1.54) is 12.8 Å². The van der Waals surface area contributed by atoms with Gasteiger partial charge in [-0.2, -0.15) is 0 Å². The Bertz CT molecular complexity index is 742. The summed E-state index contributed by atoms with van der Waals surface area (Å²) in [5.41, 5.74) is 0.878. The number of nitrogens with one attached hydrogen (secondary N) is 1. The molecule has 5 heteroatoms. The van der Waals surface area contributed by atoms with Crippen LogP contribution in [0.15, 0.2) is 34.7 Å². The predicted octanol–water partition coefficient (Wildman–Crippen LogP) is 4.54. The number of rotatable bonds is 6. The lowest BCUT2D eigenvalue weighted by Gasteiger charge is -2.35. The molecule has 2 fully saturated rings. The first-order valence-corrected chi connectivity index (χ1v) is 10.5. The van der Waals surface area contributed by atoms with Crippen LogP contribution in [-0.2, 0) is 0 Å². The first-order valence-electron chi connectivity index (χ1n) is 10.5. The van der Waals surface area contributed by atoms with Gasteiger partial charge in [0.25, 0.3) is 0 Å². The molecule has 4 rings (SSSR count). The van der Waals surface area contributed by atoms with Gasteiger partial charge in [0.15, 0.2) is 0 Å². The van der Waals surface area contributed by atoms with Gasteiger partial charge in [-0.1, -0.05) is 25.1 Å². The summed E-state index contributed by atoms with van der Waals surface area (Å²) in [5.74, 6) is 0.850. The first kappa shape index (κ1) is 18.4. The van der Waals surface area contributed by atoms with Crippen molar-refractivity contribution < 1.29 is 9.21 Å².